The lowest BCUT2D eigenvalue weighted by Crippen LogP contribution is -2.38. The van der Waals surface area contributed by atoms with Crippen molar-refractivity contribution in [3.05, 3.63) is 29.3 Å². The molecule has 1 aliphatic heterocycles. The Bertz CT molecular complexity index is 352. The van der Waals surface area contributed by atoms with Crippen molar-refractivity contribution in [3.63, 3.8) is 0 Å². The van der Waals surface area contributed by atoms with E-state index >= 15 is 0 Å². The Morgan fingerprint density at radius 1 is 1.33 bits per heavy atom. The van der Waals surface area contributed by atoms with E-state index in [4.69, 9.17) is 11.6 Å². The first kappa shape index (κ1) is 10.5. The number of anilines is 1. The minimum absolute atomic E-state index is 0.147. The number of aldehydes is 1. The van der Waals surface area contributed by atoms with Crippen LogP contribution < -0.4 is 4.90 Å². The highest BCUT2D eigenvalue weighted by Crippen LogP contribution is 2.23. The molecule has 0 spiro atoms. The van der Waals surface area contributed by atoms with Gasteiger partial charge in [-0.05, 0) is 31.3 Å². The predicted octanol–water partition coefficient (Wildman–Crippen LogP) is 1.62. The van der Waals surface area contributed by atoms with Gasteiger partial charge >= 0.3 is 0 Å². The van der Waals surface area contributed by atoms with Gasteiger partial charge in [0, 0.05) is 23.8 Å². The molecule has 0 aliphatic carbocycles. The lowest BCUT2D eigenvalue weighted by molar-refractivity contribution is -0.111. The van der Waals surface area contributed by atoms with Crippen LogP contribution in [0.3, 0.4) is 0 Å². The smallest absolute Gasteiger partial charge is 0.157 e. The van der Waals surface area contributed by atoms with Gasteiger partial charge in [-0.25, -0.2) is 0 Å². The Balaban J connectivity index is 2.23. The summed E-state index contributed by atoms with van der Waals surface area (Å²) in [5, 5.41) is 0.717. The Morgan fingerprint density at radius 3 is 2.60 bits per heavy atom. The number of hydrogen-bond donors (Lipinski definition) is 0. The normalized spacial score (nSPS) is 22.0. The van der Waals surface area contributed by atoms with Crippen LogP contribution in [-0.2, 0) is 4.79 Å². The lowest BCUT2D eigenvalue weighted by Gasteiger charge is -2.24. The molecule has 1 fully saturated rings. The fourth-order valence-corrected chi connectivity index (χ4v) is 1.99. The number of nitrogens with zero attached hydrogens (tertiary/aromatic N) is 2. The van der Waals surface area contributed by atoms with Gasteiger partial charge in [0.05, 0.1) is 0 Å². The molecule has 0 saturated carbocycles. The van der Waals surface area contributed by atoms with Gasteiger partial charge in [0.2, 0.25) is 0 Å². The zero-order chi connectivity index (χ0) is 10.8. The van der Waals surface area contributed by atoms with Crippen molar-refractivity contribution in [2.24, 2.45) is 0 Å². The van der Waals surface area contributed by atoms with E-state index in [1.807, 2.05) is 36.2 Å². The zero-order valence-corrected chi connectivity index (χ0v) is 9.31. The van der Waals surface area contributed by atoms with Crippen LogP contribution in [0.25, 0.3) is 0 Å². The molecule has 0 radical (unpaired) electrons. The van der Waals surface area contributed by atoms with E-state index in [1.165, 1.54) is 0 Å². The number of likely N-dealkylation sites (N-methyl/N-ethyl adjacent to an activating group) is 1. The molecule has 1 aromatic rings. The highest BCUT2D eigenvalue weighted by atomic mass is 35.5. The summed E-state index contributed by atoms with van der Waals surface area (Å²) in [5.41, 5.74) is 1.04. The average molecular weight is 225 g/mol. The Morgan fingerprint density at radius 2 is 2.00 bits per heavy atom. The highest BCUT2D eigenvalue weighted by Gasteiger charge is 2.28. The highest BCUT2D eigenvalue weighted by molar-refractivity contribution is 6.30. The molecule has 0 bridgehead atoms. The van der Waals surface area contributed by atoms with Crippen LogP contribution in [-0.4, -0.2) is 37.5 Å². The first-order chi connectivity index (χ1) is 7.22. The molecule has 80 valence electrons. The number of halogens is 1. The first-order valence-corrected chi connectivity index (χ1v) is 5.28. The molecule has 1 aliphatic rings. The molecule has 0 N–H and O–H groups in total. The fraction of sp³-hybridized carbons (Fsp3) is 0.364. The van der Waals surface area contributed by atoms with Gasteiger partial charge in [-0.2, -0.15) is 0 Å². The Kier molecular flexibility index (Phi) is 2.93. The maximum atomic E-state index is 11.0. The molecule has 1 atom stereocenters. The van der Waals surface area contributed by atoms with Gasteiger partial charge in [0.1, 0.15) is 6.17 Å². The van der Waals surface area contributed by atoms with E-state index in [2.05, 4.69) is 4.90 Å². The molecule has 3 nitrogen and oxygen atoms in total. The third-order valence-corrected chi connectivity index (χ3v) is 3.00. The van der Waals surface area contributed by atoms with E-state index in [0.29, 0.717) is 5.02 Å². The van der Waals surface area contributed by atoms with Crippen LogP contribution in [0, 0.1) is 0 Å². The van der Waals surface area contributed by atoms with Crippen molar-refractivity contribution in [1.29, 1.82) is 0 Å². The van der Waals surface area contributed by atoms with Crippen molar-refractivity contribution in [2.75, 3.05) is 25.0 Å². The lowest BCUT2D eigenvalue weighted by atomic mass is 10.3. The van der Waals surface area contributed by atoms with Crippen LogP contribution in [0.5, 0.6) is 0 Å². The summed E-state index contributed by atoms with van der Waals surface area (Å²) >= 11 is 5.82. The van der Waals surface area contributed by atoms with Crippen LogP contribution in [0.15, 0.2) is 24.3 Å². The molecule has 1 unspecified atom stereocenters. The second-order valence-electron chi connectivity index (χ2n) is 3.70. The van der Waals surface area contributed by atoms with Gasteiger partial charge in [-0.15, -0.1) is 0 Å². The molecule has 15 heavy (non-hydrogen) atoms. The van der Waals surface area contributed by atoms with Gasteiger partial charge in [0.25, 0.3) is 0 Å². The van der Waals surface area contributed by atoms with Crippen molar-refractivity contribution in [3.8, 4) is 0 Å². The van der Waals surface area contributed by atoms with Crippen LogP contribution in [0.2, 0.25) is 5.02 Å². The summed E-state index contributed by atoms with van der Waals surface area (Å²) < 4.78 is 0. The van der Waals surface area contributed by atoms with Crippen molar-refractivity contribution < 1.29 is 4.79 Å². The maximum Gasteiger partial charge on any atom is 0.157 e. The van der Waals surface area contributed by atoms with Gasteiger partial charge in [-0.3, -0.25) is 9.69 Å². The second-order valence-corrected chi connectivity index (χ2v) is 4.14. The first-order valence-electron chi connectivity index (χ1n) is 4.90. The predicted molar refractivity (Wildman–Crippen MR) is 61.3 cm³/mol. The van der Waals surface area contributed by atoms with Gasteiger partial charge in [0.15, 0.2) is 6.29 Å². The average Bonchev–Trinajstić information content (AvgIpc) is 2.61. The molecular formula is C11H13ClN2O. The molecule has 0 amide bonds. The molecular weight excluding hydrogens is 212 g/mol. The quantitative estimate of drug-likeness (QED) is 0.714. The largest absolute Gasteiger partial charge is 0.348 e. The van der Waals surface area contributed by atoms with Crippen LogP contribution >= 0.6 is 11.6 Å². The van der Waals surface area contributed by atoms with Crippen LogP contribution in [0.4, 0.5) is 5.69 Å². The maximum absolute atomic E-state index is 11.0. The number of carbonyl (C=O) groups excluding carboxylic acids is 1. The van der Waals surface area contributed by atoms with E-state index < -0.39 is 0 Å². The summed E-state index contributed by atoms with van der Waals surface area (Å²) in [7, 11) is 1.95. The Labute approximate surface area is 94.2 Å². The topological polar surface area (TPSA) is 23.6 Å². The molecule has 1 aromatic carbocycles. The van der Waals surface area contributed by atoms with Gasteiger partial charge < -0.3 is 4.90 Å². The summed E-state index contributed by atoms with van der Waals surface area (Å²) in [6.45, 7) is 1.79. The van der Waals surface area contributed by atoms with Crippen molar-refractivity contribution >= 4 is 23.6 Å². The summed E-state index contributed by atoms with van der Waals surface area (Å²) in [6, 6.07) is 7.57. The molecule has 1 heterocycles. The van der Waals surface area contributed by atoms with Crippen LogP contribution in [0.1, 0.15) is 0 Å². The molecule has 1 saturated heterocycles. The van der Waals surface area contributed by atoms with E-state index in [1.54, 1.807) is 0 Å². The van der Waals surface area contributed by atoms with E-state index in [9.17, 15) is 4.79 Å². The summed E-state index contributed by atoms with van der Waals surface area (Å²) in [5.74, 6) is 0. The van der Waals surface area contributed by atoms with Crippen molar-refractivity contribution in [1.82, 2.24) is 4.90 Å². The molecule has 2 rings (SSSR count). The molecule has 0 aromatic heterocycles. The number of carbonyl (C=O) groups is 1. The number of rotatable bonds is 2. The minimum atomic E-state index is -0.147. The third kappa shape index (κ3) is 1.98. The van der Waals surface area contributed by atoms with E-state index in [0.717, 1.165) is 25.1 Å². The minimum Gasteiger partial charge on any atom is -0.348 e. The van der Waals surface area contributed by atoms with Gasteiger partial charge in [-0.1, -0.05) is 11.6 Å². The Hall–Kier alpha value is -1.06. The summed E-state index contributed by atoms with van der Waals surface area (Å²) in [4.78, 5) is 15.1. The van der Waals surface area contributed by atoms with E-state index in [-0.39, 0.29) is 6.17 Å². The molecule has 4 heteroatoms. The monoisotopic (exact) mass is 224 g/mol. The fourth-order valence-electron chi connectivity index (χ4n) is 1.86. The SMILES string of the molecule is CN1CCN(c2ccc(Cl)cc2)C1C=O. The standard InChI is InChI=1S/C11H13ClN2O/c1-13-6-7-14(11(13)8-15)10-4-2-9(12)3-5-10/h2-5,8,11H,6-7H2,1H3. The third-order valence-electron chi connectivity index (χ3n) is 2.74. The zero-order valence-electron chi connectivity index (χ0n) is 8.56. The van der Waals surface area contributed by atoms with Crippen molar-refractivity contribution in [2.45, 2.75) is 6.17 Å². The summed E-state index contributed by atoms with van der Waals surface area (Å²) in [6.07, 6.45) is 0.827. The number of benzene rings is 1. The second kappa shape index (κ2) is 4.21. The number of hydrogen-bond acceptors (Lipinski definition) is 3.